The van der Waals surface area contributed by atoms with Crippen LogP contribution in [0.5, 0.6) is 0 Å². The topological polar surface area (TPSA) is 88.1 Å². The molecule has 2 aromatic rings. The molecule has 29 heavy (non-hydrogen) atoms. The summed E-state index contributed by atoms with van der Waals surface area (Å²) in [5, 5.41) is 6.84. The van der Waals surface area contributed by atoms with E-state index >= 15 is 0 Å². The van der Waals surface area contributed by atoms with E-state index in [4.69, 9.17) is 16.4 Å². The first-order chi connectivity index (χ1) is 13.9. The third kappa shape index (κ3) is 4.14. The first-order valence-electron chi connectivity index (χ1n) is 9.34. The average Bonchev–Trinajstić information content (AvgIpc) is 3.42. The Balaban J connectivity index is 1.47. The fourth-order valence-corrected chi connectivity index (χ4v) is 5.41. The summed E-state index contributed by atoms with van der Waals surface area (Å²) in [5.74, 6) is -0.397. The first-order valence-corrected chi connectivity index (χ1v) is 11.2. The zero-order valence-electron chi connectivity index (χ0n) is 15.5. The maximum absolute atomic E-state index is 12.8. The summed E-state index contributed by atoms with van der Waals surface area (Å²) < 4.78 is 27.1. The van der Waals surface area contributed by atoms with E-state index in [0.717, 1.165) is 18.4 Å². The van der Waals surface area contributed by atoms with Crippen LogP contribution in [0, 0.1) is 0 Å². The van der Waals surface area contributed by atoms with Crippen molar-refractivity contribution in [2.24, 2.45) is 5.16 Å². The molecule has 1 saturated heterocycles. The molecule has 152 valence electrons. The summed E-state index contributed by atoms with van der Waals surface area (Å²) in [7, 11) is -3.70. The third-order valence-corrected chi connectivity index (χ3v) is 7.33. The Hall–Kier alpha value is -2.42. The fourth-order valence-electron chi connectivity index (χ4n) is 3.39. The number of nitrogens with one attached hydrogen (secondary N) is 1. The minimum atomic E-state index is -3.70. The number of oxime groups is 1. The minimum Gasteiger partial charge on any atom is -0.382 e. The highest BCUT2D eigenvalue weighted by atomic mass is 35.5. The predicted molar refractivity (Wildman–Crippen MR) is 111 cm³/mol. The summed E-state index contributed by atoms with van der Waals surface area (Å²) in [6.07, 6.45) is 1.22. The number of hydrogen-bond acceptors (Lipinski definition) is 5. The summed E-state index contributed by atoms with van der Waals surface area (Å²) in [4.78, 5) is 17.9. The predicted octanol–water partition coefficient (Wildman–Crippen LogP) is 3.26. The van der Waals surface area contributed by atoms with Crippen LogP contribution in [0.15, 0.2) is 58.6 Å². The van der Waals surface area contributed by atoms with Crippen molar-refractivity contribution in [1.82, 2.24) is 4.31 Å². The highest BCUT2D eigenvalue weighted by molar-refractivity contribution is 7.89. The molecule has 9 heteroatoms. The van der Waals surface area contributed by atoms with E-state index in [9.17, 15) is 13.2 Å². The lowest BCUT2D eigenvalue weighted by Crippen LogP contribution is -2.29. The number of carbonyl (C=O) groups excluding carboxylic acids is 1. The standard InChI is InChI=1S/C20H20ClN3O4S/c21-16-9-8-15(12-19(16)29(26,27)24-10-4-5-11-24)22-20(25)18-13-17(23-28-18)14-6-2-1-3-7-14/h1-3,6-9,12,18H,4-5,10-11,13H2,(H,22,25). The van der Waals surface area contributed by atoms with Gasteiger partial charge in [0.2, 0.25) is 16.1 Å². The van der Waals surface area contributed by atoms with Crippen molar-refractivity contribution in [2.75, 3.05) is 18.4 Å². The molecule has 1 unspecified atom stereocenters. The second-order valence-electron chi connectivity index (χ2n) is 6.95. The van der Waals surface area contributed by atoms with E-state index in [-0.39, 0.29) is 9.92 Å². The molecule has 1 fully saturated rings. The maximum Gasteiger partial charge on any atom is 0.268 e. The number of sulfonamides is 1. The Morgan fingerprint density at radius 3 is 2.59 bits per heavy atom. The number of hydrogen-bond donors (Lipinski definition) is 1. The number of halogens is 1. The van der Waals surface area contributed by atoms with Crippen LogP contribution in [0.1, 0.15) is 24.8 Å². The van der Waals surface area contributed by atoms with E-state index in [1.807, 2.05) is 30.3 Å². The SMILES string of the molecule is O=C(Nc1ccc(Cl)c(S(=O)(=O)N2CCCC2)c1)C1CC(c2ccccc2)=NO1. The van der Waals surface area contributed by atoms with Crippen LogP contribution in [0.4, 0.5) is 5.69 Å². The van der Waals surface area contributed by atoms with Crippen molar-refractivity contribution in [3.63, 3.8) is 0 Å². The monoisotopic (exact) mass is 433 g/mol. The van der Waals surface area contributed by atoms with E-state index < -0.39 is 22.0 Å². The molecule has 0 aliphatic carbocycles. The number of rotatable bonds is 5. The molecule has 1 N–H and O–H groups in total. The van der Waals surface area contributed by atoms with Crippen LogP contribution in [-0.4, -0.2) is 43.5 Å². The molecule has 2 heterocycles. The highest BCUT2D eigenvalue weighted by Crippen LogP contribution is 2.30. The molecule has 1 atom stereocenters. The number of anilines is 1. The zero-order chi connectivity index (χ0) is 20.4. The van der Waals surface area contributed by atoms with Gasteiger partial charge in [-0.25, -0.2) is 8.42 Å². The molecule has 2 aromatic carbocycles. The van der Waals surface area contributed by atoms with Gasteiger partial charge in [0.1, 0.15) is 4.90 Å². The molecule has 2 aliphatic rings. The Kier molecular flexibility index (Phi) is 5.58. The molecule has 0 bridgehead atoms. The Morgan fingerprint density at radius 1 is 1.14 bits per heavy atom. The number of amides is 1. The lowest BCUT2D eigenvalue weighted by atomic mass is 10.0. The van der Waals surface area contributed by atoms with Gasteiger partial charge >= 0.3 is 0 Å². The van der Waals surface area contributed by atoms with Crippen LogP contribution in [-0.2, 0) is 19.7 Å². The van der Waals surface area contributed by atoms with Gasteiger partial charge in [-0.05, 0) is 36.6 Å². The van der Waals surface area contributed by atoms with Gasteiger partial charge in [-0.2, -0.15) is 4.31 Å². The summed E-state index contributed by atoms with van der Waals surface area (Å²) in [5.41, 5.74) is 1.93. The van der Waals surface area contributed by atoms with Crippen molar-refractivity contribution in [1.29, 1.82) is 0 Å². The van der Waals surface area contributed by atoms with Crippen LogP contribution >= 0.6 is 11.6 Å². The van der Waals surface area contributed by atoms with Crippen LogP contribution in [0.25, 0.3) is 0 Å². The number of nitrogens with zero attached hydrogens (tertiary/aromatic N) is 2. The minimum absolute atomic E-state index is 0.00701. The van der Waals surface area contributed by atoms with Crippen molar-refractivity contribution < 1.29 is 18.0 Å². The average molecular weight is 434 g/mol. The van der Waals surface area contributed by atoms with Gasteiger partial charge in [-0.15, -0.1) is 0 Å². The molecule has 0 radical (unpaired) electrons. The zero-order valence-corrected chi connectivity index (χ0v) is 17.1. The smallest absolute Gasteiger partial charge is 0.268 e. The molecule has 0 spiro atoms. The van der Waals surface area contributed by atoms with E-state index in [1.54, 1.807) is 6.07 Å². The van der Waals surface area contributed by atoms with E-state index in [2.05, 4.69) is 10.5 Å². The lowest BCUT2D eigenvalue weighted by molar-refractivity contribution is -0.125. The van der Waals surface area contributed by atoms with E-state index in [0.29, 0.717) is 30.9 Å². The molecule has 1 amide bonds. The van der Waals surface area contributed by atoms with Gasteiger partial charge < -0.3 is 10.2 Å². The van der Waals surface area contributed by atoms with Gasteiger partial charge in [0.05, 0.1) is 10.7 Å². The van der Waals surface area contributed by atoms with Crippen molar-refractivity contribution in [2.45, 2.75) is 30.3 Å². The Labute approximate surface area is 174 Å². The molecule has 0 saturated carbocycles. The van der Waals surface area contributed by atoms with Crippen molar-refractivity contribution in [3.8, 4) is 0 Å². The molecular weight excluding hydrogens is 414 g/mol. The van der Waals surface area contributed by atoms with Gasteiger partial charge in [-0.3, -0.25) is 4.79 Å². The van der Waals surface area contributed by atoms with Crippen LogP contribution in [0.3, 0.4) is 0 Å². The van der Waals surface area contributed by atoms with Crippen molar-refractivity contribution >= 4 is 38.9 Å². The Bertz CT molecular complexity index is 1050. The fraction of sp³-hybridized carbons (Fsp3) is 0.300. The highest BCUT2D eigenvalue weighted by Gasteiger charge is 2.31. The van der Waals surface area contributed by atoms with Crippen LogP contribution in [0.2, 0.25) is 5.02 Å². The number of carbonyl (C=O) groups is 1. The molecule has 4 rings (SSSR count). The number of benzene rings is 2. The van der Waals surface area contributed by atoms with Gasteiger partial charge in [0.25, 0.3) is 5.91 Å². The Morgan fingerprint density at radius 2 is 1.86 bits per heavy atom. The summed E-state index contributed by atoms with van der Waals surface area (Å²) in [6, 6.07) is 13.9. The maximum atomic E-state index is 12.8. The van der Waals surface area contributed by atoms with E-state index in [1.165, 1.54) is 16.4 Å². The molecule has 7 nitrogen and oxygen atoms in total. The largest absolute Gasteiger partial charge is 0.382 e. The van der Waals surface area contributed by atoms with Gasteiger partial charge in [0.15, 0.2) is 0 Å². The summed E-state index contributed by atoms with van der Waals surface area (Å²) in [6.45, 7) is 0.954. The lowest BCUT2D eigenvalue weighted by Gasteiger charge is -2.17. The van der Waals surface area contributed by atoms with Gasteiger partial charge in [0, 0.05) is 25.2 Å². The second kappa shape index (κ2) is 8.14. The molecular formula is C20H20ClN3O4S. The normalized spacial score (nSPS) is 19.6. The van der Waals surface area contributed by atoms with Gasteiger partial charge in [-0.1, -0.05) is 47.1 Å². The molecule has 2 aliphatic heterocycles. The second-order valence-corrected chi connectivity index (χ2v) is 9.26. The quantitative estimate of drug-likeness (QED) is 0.783. The molecule has 0 aromatic heterocycles. The van der Waals surface area contributed by atoms with Crippen LogP contribution < -0.4 is 5.32 Å². The first kappa shape index (κ1) is 19.9. The van der Waals surface area contributed by atoms with Crippen molar-refractivity contribution in [3.05, 3.63) is 59.1 Å². The summed E-state index contributed by atoms with van der Waals surface area (Å²) >= 11 is 6.15. The third-order valence-electron chi connectivity index (χ3n) is 4.95.